The van der Waals surface area contributed by atoms with Gasteiger partial charge >= 0.3 is 6.11 Å². The van der Waals surface area contributed by atoms with Crippen molar-refractivity contribution < 1.29 is 27.0 Å². The molecular formula is C22H28F4O2. The minimum absolute atomic E-state index is 0.0599. The maximum Gasteiger partial charge on any atom is 0.400 e. The highest BCUT2D eigenvalue weighted by Gasteiger charge is 2.45. The predicted molar refractivity (Wildman–Crippen MR) is 99.2 cm³/mol. The van der Waals surface area contributed by atoms with Crippen molar-refractivity contribution in [3.8, 4) is 5.75 Å². The Kier molecular flexibility index (Phi) is 6.56. The number of hydrogen-bond donors (Lipinski definition) is 0. The topological polar surface area (TPSA) is 18.5 Å². The number of halogens is 4. The van der Waals surface area contributed by atoms with Gasteiger partial charge in [-0.2, -0.15) is 13.2 Å². The molecule has 0 heterocycles. The van der Waals surface area contributed by atoms with Gasteiger partial charge < -0.3 is 9.47 Å². The Hall–Kier alpha value is -1.72. The van der Waals surface area contributed by atoms with Crippen molar-refractivity contribution >= 4 is 0 Å². The lowest BCUT2D eigenvalue weighted by atomic mass is 9.70. The molecule has 2 aliphatic carbocycles. The summed E-state index contributed by atoms with van der Waals surface area (Å²) in [5.74, 6) is -3.18. The molecule has 28 heavy (non-hydrogen) atoms. The third-order valence-corrected chi connectivity index (χ3v) is 6.36. The van der Waals surface area contributed by atoms with E-state index in [-0.39, 0.29) is 5.56 Å². The molecule has 1 aromatic carbocycles. The molecule has 0 spiro atoms. The molecule has 0 N–H and O–H groups in total. The van der Waals surface area contributed by atoms with E-state index in [0.717, 1.165) is 44.6 Å². The Balaban J connectivity index is 1.55. The van der Waals surface area contributed by atoms with E-state index < -0.39 is 29.4 Å². The molecule has 2 nitrogen and oxygen atoms in total. The van der Waals surface area contributed by atoms with Crippen molar-refractivity contribution in [2.45, 2.75) is 64.4 Å². The second kappa shape index (κ2) is 8.75. The molecule has 0 radical (unpaired) electrons. The second-order valence-electron chi connectivity index (χ2n) is 8.13. The average Bonchev–Trinajstić information content (AvgIpc) is 2.69. The molecule has 156 valence electrons. The van der Waals surface area contributed by atoms with Crippen LogP contribution in [0.4, 0.5) is 17.6 Å². The monoisotopic (exact) mass is 400 g/mol. The fourth-order valence-electron chi connectivity index (χ4n) is 4.63. The van der Waals surface area contributed by atoms with Crippen LogP contribution in [0.5, 0.6) is 5.75 Å². The maximum absolute atomic E-state index is 14.6. The first-order valence-corrected chi connectivity index (χ1v) is 10.0. The normalized spacial score (nSPS) is 26.1. The van der Waals surface area contributed by atoms with Crippen LogP contribution in [0.1, 0.15) is 56.9 Å². The van der Waals surface area contributed by atoms with Crippen LogP contribution < -0.4 is 4.74 Å². The van der Waals surface area contributed by atoms with Gasteiger partial charge in [0.1, 0.15) is 0 Å². The fourth-order valence-corrected chi connectivity index (χ4v) is 4.63. The number of allylic oxidation sites excluding steroid dienone is 1. The molecule has 0 bridgehead atoms. The summed E-state index contributed by atoms with van der Waals surface area (Å²) in [5, 5.41) is 0. The van der Waals surface area contributed by atoms with Gasteiger partial charge in [-0.3, -0.25) is 0 Å². The van der Waals surface area contributed by atoms with Crippen molar-refractivity contribution in [1.82, 2.24) is 0 Å². The lowest BCUT2D eigenvalue weighted by Crippen LogP contribution is -2.38. The summed E-state index contributed by atoms with van der Waals surface area (Å²) in [6, 6.07) is 2.32. The van der Waals surface area contributed by atoms with Crippen LogP contribution >= 0.6 is 0 Å². The van der Waals surface area contributed by atoms with E-state index in [1.54, 1.807) is 7.11 Å². The zero-order valence-electron chi connectivity index (χ0n) is 16.4. The van der Waals surface area contributed by atoms with Gasteiger partial charge in [0.25, 0.3) is 0 Å². The van der Waals surface area contributed by atoms with Gasteiger partial charge in [0.05, 0.1) is 19.3 Å². The number of methoxy groups -OCH3 is 1. The molecule has 0 amide bonds. The summed E-state index contributed by atoms with van der Waals surface area (Å²) in [6.07, 6.45) is 4.61. The summed E-state index contributed by atoms with van der Waals surface area (Å²) in [7, 11) is 1.65. The molecule has 0 aliphatic heterocycles. The van der Waals surface area contributed by atoms with E-state index in [0.29, 0.717) is 24.7 Å². The second-order valence-corrected chi connectivity index (χ2v) is 8.13. The van der Waals surface area contributed by atoms with Gasteiger partial charge in [-0.15, -0.1) is 0 Å². The van der Waals surface area contributed by atoms with Crippen molar-refractivity contribution in [3.63, 3.8) is 0 Å². The lowest BCUT2D eigenvalue weighted by molar-refractivity contribution is -0.225. The molecule has 0 aromatic heterocycles. The van der Waals surface area contributed by atoms with E-state index in [9.17, 15) is 17.6 Å². The van der Waals surface area contributed by atoms with Crippen LogP contribution in [0, 0.1) is 36.3 Å². The van der Waals surface area contributed by atoms with Crippen LogP contribution in [0.25, 0.3) is 0 Å². The first-order chi connectivity index (χ1) is 13.3. The van der Waals surface area contributed by atoms with Gasteiger partial charge in [-0.25, -0.2) is 4.39 Å². The third-order valence-electron chi connectivity index (χ3n) is 6.36. The summed E-state index contributed by atoms with van der Waals surface area (Å²) in [5.41, 5.74) is 1.38. The largest absolute Gasteiger partial charge is 0.504 e. The Morgan fingerprint density at radius 2 is 1.54 bits per heavy atom. The molecule has 0 unspecified atom stereocenters. The van der Waals surface area contributed by atoms with E-state index in [4.69, 9.17) is 4.74 Å². The van der Waals surface area contributed by atoms with Gasteiger partial charge in [0, 0.05) is 0 Å². The predicted octanol–water partition coefficient (Wildman–Crippen LogP) is 6.77. The molecule has 3 rings (SSSR count). The Morgan fingerprint density at radius 3 is 2.14 bits per heavy atom. The Morgan fingerprint density at radius 1 is 0.929 bits per heavy atom. The highest BCUT2D eigenvalue weighted by atomic mass is 19.3. The number of benzene rings is 1. The molecule has 6 heteroatoms. The number of hydrogen-bond acceptors (Lipinski definition) is 2. The van der Waals surface area contributed by atoms with Crippen LogP contribution in [0.3, 0.4) is 0 Å². The van der Waals surface area contributed by atoms with Gasteiger partial charge in [0.15, 0.2) is 11.6 Å². The van der Waals surface area contributed by atoms with Crippen molar-refractivity contribution in [3.05, 3.63) is 41.2 Å². The van der Waals surface area contributed by atoms with Crippen molar-refractivity contribution in [1.29, 1.82) is 0 Å². The molecule has 2 fully saturated rings. The molecule has 1 aromatic rings. The SMILES string of the molecule is COC=C1CCC(C2CCC(C(F)(F)Oc3ccc(C)c(F)c3F)CC2)CC1. The number of rotatable bonds is 5. The summed E-state index contributed by atoms with van der Waals surface area (Å²) in [6.45, 7) is 1.38. The van der Waals surface area contributed by atoms with Crippen LogP contribution in [0.2, 0.25) is 0 Å². The molecule has 2 saturated carbocycles. The van der Waals surface area contributed by atoms with Crippen molar-refractivity contribution in [2.24, 2.45) is 17.8 Å². The zero-order chi connectivity index (χ0) is 20.3. The van der Waals surface area contributed by atoms with Crippen LogP contribution in [0.15, 0.2) is 24.0 Å². The molecule has 0 saturated heterocycles. The fraction of sp³-hybridized carbons (Fsp3) is 0.636. The first-order valence-electron chi connectivity index (χ1n) is 10.0. The van der Waals surface area contributed by atoms with Crippen molar-refractivity contribution in [2.75, 3.05) is 7.11 Å². The van der Waals surface area contributed by atoms with Crippen LogP contribution in [-0.2, 0) is 4.74 Å². The molecular weight excluding hydrogens is 372 g/mol. The first kappa shape index (κ1) is 21.0. The zero-order valence-corrected chi connectivity index (χ0v) is 16.4. The smallest absolute Gasteiger partial charge is 0.400 e. The minimum atomic E-state index is -3.51. The summed E-state index contributed by atoms with van der Waals surface area (Å²) >= 11 is 0. The standard InChI is InChI=1S/C22H28F4O2/c1-14-3-12-19(21(24)20(14)23)28-22(25,26)18-10-8-17(9-11-18)16-6-4-15(5-7-16)13-27-2/h3,12-13,16-18H,4-11H2,1-2H3. The van der Waals surface area contributed by atoms with E-state index in [1.807, 2.05) is 6.26 Å². The van der Waals surface area contributed by atoms with Gasteiger partial charge in [-0.05, 0) is 87.3 Å². The summed E-state index contributed by atoms with van der Waals surface area (Å²) in [4.78, 5) is 0. The van der Waals surface area contributed by atoms with E-state index >= 15 is 0 Å². The van der Waals surface area contributed by atoms with E-state index in [2.05, 4.69) is 4.74 Å². The Labute approximate surface area is 163 Å². The Bertz CT molecular complexity index is 699. The maximum atomic E-state index is 14.6. The number of ether oxygens (including phenoxy) is 2. The van der Waals surface area contributed by atoms with Gasteiger partial charge in [-0.1, -0.05) is 6.07 Å². The minimum Gasteiger partial charge on any atom is -0.504 e. The average molecular weight is 400 g/mol. The number of aryl methyl sites for hydroxylation is 1. The summed E-state index contributed by atoms with van der Waals surface area (Å²) < 4.78 is 66.4. The van der Waals surface area contributed by atoms with Gasteiger partial charge in [0.2, 0.25) is 5.82 Å². The highest BCUT2D eigenvalue weighted by Crippen LogP contribution is 2.45. The molecule has 0 atom stereocenters. The van der Waals surface area contributed by atoms with E-state index in [1.165, 1.54) is 18.6 Å². The van der Waals surface area contributed by atoms with Crippen LogP contribution in [-0.4, -0.2) is 13.2 Å². The lowest BCUT2D eigenvalue weighted by Gasteiger charge is -2.38. The molecule has 2 aliphatic rings. The quantitative estimate of drug-likeness (QED) is 0.401. The number of alkyl halides is 2. The third kappa shape index (κ3) is 4.64. The highest BCUT2D eigenvalue weighted by molar-refractivity contribution is 5.30.